The lowest BCUT2D eigenvalue weighted by molar-refractivity contribution is -0.0252. The van der Waals surface area contributed by atoms with Gasteiger partial charge in [0.25, 0.3) is 0 Å². The maximum Gasteiger partial charge on any atom is 0.181 e. The Morgan fingerprint density at radius 3 is 3.00 bits per heavy atom. The molecule has 1 aromatic rings. The Labute approximate surface area is 103 Å². The average molecular weight is 238 g/mol. The van der Waals surface area contributed by atoms with Crippen molar-refractivity contribution >= 4 is 0 Å². The number of aromatic nitrogens is 1. The molecule has 4 nitrogen and oxygen atoms in total. The molecule has 1 heterocycles. The van der Waals surface area contributed by atoms with E-state index in [4.69, 9.17) is 9.15 Å². The molecule has 0 amide bonds. The van der Waals surface area contributed by atoms with Gasteiger partial charge in [0.05, 0.1) is 11.8 Å². The Morgan fingerprint density at radius 2 is 2.29 bits per heavy atom. The summed E-state index contributed by atoms with van der Waals surface area (Å²) in [5, 5.41) is 3.28. The lowest BCUT2D eigenvalue weighted by atomic mass is 9.79. The van der Waals surface area contributed by atoms with E-state index in [9.17, 15) is 0 Å². The molecule has 2 rings (SSSR count). The number of nitrogens with zero attached hydrogens (tertiary/aromatic N) is 1. The summed E-state index contributed by atoms with van der Waals surface area (Å²) in [6.45, 7) is 6.74. The van der Waals surface area contributed by atoms with Gasteiger partial charge in [0.2, 0.25) is 0 Å². The minimum atomic E-state index is 0.477. The summed E-state index contributed by atoms with van der Waals surface area (Å²) >= 11 is 0. The molecule has 1 saturated carbocycles. The zero-order valence-corrected chi connectivity index (χ0v) is 10.7. The molecular formula is C13H22N2O2. The van der Waals surface area contributed by atoms with Crippen molar-refractivity contribution < 1.29 is 9.15 Å². The van der Waals surface area contributed by atoms with Crippen LogP contribution in [0.25, 0.3) is 0 Å². The van der Waals surface area contributed by atoms with E-state index in [0.29, 0.717) is 12.0 Å². The van der Waals surface area contributed by atoms with E-state index in [0.717, 1.165) is 50.4 Å². The minimum Gasteiger partial charge on any atom is -0.448 e. The van der Waals surface area contributed by atoms with Crippen LogP contribution in [0.3, 0.4) is 0 Å². The predicted molar refractivity (Wildman–Crippen MR) is 65.7 cm³/mol. The number of ether oxygens (including phenoxy) is 1. The number of oxazole rings is 1. The molecule has 1 aromatic heterocycles. The summed E-state index contributed by atoms with van der Waals surface area (Å²) in [4.78, 5) is 4.26. The second-order valence-electron chi connectivity index (χ2n) is 4.62. The van der Waals surface area contributed by atoms with Crippen LogP contribution in [0.5, 0.6) is 0 Å². The highest BCUT2D eigenvalue weighted by molar-refractivity contribution is 5.09. The zero-order chi connectivity index (χ0) is 12.1. The SMILES string of the molecule is CCNCc1ncoc1CC1CC(OCC)C1. The Morgan fingerprint density at radius 1 is 1.47 bits per heavy atom. The number of rotatable bonds is 7. The number of hydrogen-bond acceptors (Lipinski definition) is 4. The van der Waals surface area contributed by atoms with Crippen LogP contribution in [-0.4, -0.2) is 24.2 Å². The predicted octanol–water partition coefficient (Wildman–Crippen LogP) is 2.14. The van der Waals surface area contributed by atoms with Crippen molar-refractivity contribution in [2.75, 3.05) is 13.2 Å². The van der Waals surface area contributed by atoms with Crippen molar-refractivity contribution in [3.8, 4) is 0 Å². The van der Waals surface area contributed by atoms with E-state index < -0.39 is 0 Å². The first-order valence-corrected chi connectivity index (χ1v) is 6.57. The van der Waals surface area contributed by atoms with Crippen LogP contribution in [0.1, 0.15) is 38.1 Å². The quantitative estimate of drug-likeness (QED) is 0.790. The first kappa shape index (κ1) is 12.6. The van der Waals surface area contributed by atoms with Crippen LogP contribution >= 0.6 is 0 Å². The van der Waals surface area contributed by atoms with Gasteiger partial charge >= 0.3 is 0 Å². The molecule has 0 saturated heterocycles. The molecule has 0 aliphatic heterocycles. The Hall–Kier alpha value is -0.870. The molecule has 0 aromatic carbocycles. The van der Waals surface area contributed by atoms with Crippen molar-refractivity contribution in [2.45, 2.75) is 45.8 Å². The molecule has 1 aliphatic carbocycles. The average Bonchev–Trinajstić information content (AvgIpc) is 2.71. The molecule has 17 heavy (non-hydrogen) atoms. The third-order valence-corrected chi connectivity index (χ3v) is 3.34. The summed E-state index contributed by atoms with van der Waals surface area (Å²) < 4.78 is 11.0. The molecule has 0 radical (unpaired) electrons. The van der Waals surface area contributed by atoms with Gasteiger partial charge in [-0.05, 0) is 32.2 Å². The Balaban J connectivity index is 1.77. The largest absolute Gasteiger partial charge is 0.448 e. The van der Waals surface area contributed by atoms with Gasteiger partial charge in [-0.25, -0.2) is 4.98 Å². The topological polar surface area (TPSA) is 47.3 Å². The second kappa shape index (κ2) is 6.17. The van der Waals surface area contributed by atoms with Crippen molar-refractivity contribution in [1.29, 1.82) is 0 Å². The maximum absolute atomic E-state index is 5.56. The van der Waals surface area contributed by atoms with E-state index in [2.05, 4.69) is 24.1 Å². The summed E-state index contributed by atoms with van der Waals surface area (Å²) in [5.41, 5.74) is 1.06. The van der Waals surface area contributed by atoms with Gasteiger partial charge in [0.1, 0.15) is 5.76 Å². The van der Waals surface area contributed by atoms with Gasteiger partial charge in [-0.1, -0.05) is 6.92 Å². The first-order valence-electron chi connectivity index (χ1n) is 6.57. The molecule has 1 N–H and O–H groups in total. The van der Waals surface area contributed by atoms with Crippen LogP contribution in [0.4, 0.5) is 0 Å². The van der Waals surface area contributed by atoms with Gasteiger partial charge in [-0.15, -0.1) is 0 Å². The standard InChI is InChI=1S/C13H22N2O2/c1-3-14-8-12-13(17-9-15-12)7-10-5-11(6-10)16-4-2/h9-11,14H,3-8H2,1-2H3. The van der Waals surface area contributed by atoms with Gasteiger partial charge in [0.15, 0.2) is 6.39 Å². The van der Waals surface area contributed by atoms with E-state index in [1.165, 1.54) is 0 Å². The molecule has 0 atom stereocenters. The molecule has 0 unspecified atom stereocenters. The molecule has 4 heteroatoms. The number of hydrogen-bond donors (Lipinski definition) is 1. The monoisotopic (exact) mass is 238 g/mol. The highest BCUT2D eigenvalue weighted by Crippen LogP contribution is 2.33. The lowest BCUT2D eigenvalue weighted by Crippen LogP contribution is -2.32. The van der Waals surface area contributed by atoms with Gasteiger partial charge in [-0.2, -0.15) is 0 Å². The molecule has 0 bridgehead atoms. The molecular weight excluding hydrogens is 216 g/mol. The molecule has 1 fully saturated rings. The van der Waals surface area contributed by atoms with E-state index in [1.807, 2.05) is 0 Å². The van der Waals surface area contributed by atoms with Crippen molar-refractivity contribution in [3.05, 3.63) is 17.8 Å². The summed E-state index contributed by atoms with van der Waals surface area (Å²) in [6.07, 6.45) is 5.36. The van der Waals surface area contributed by atoms with E-state index in [-0.39, 0.29) is 0 Å². The lowest BCUT2D eigenvalue weighted by Gasteiger charge is -2.34. The summed E-state index contributed by atoms with van der Waals surface area (Å²) in [5.74, 6) is 1.76. The number of nitrogens with one attached hydrogen (secondary N) is 1. The third kappa shape index (κ3) is 3.30. The highest BCUT2D eigenvalue weighted by atomic mass is 16.5. The highest BCUT2D eigenvalue weighted by Gasteiger charge is 2.30. The van der Waals surface area contributed by atoms with Crippen molar-refractivity contribution in [1.82, 2.24) is 10.3 Å². The fourth-order valence-corrected chi connectivity index (χ4v) is 2.32. The van der Waals surface area contributed by atoms with Crippen molar-refractivity contribution in [2.24, 2.45) is 5.92 Å². The van der Waals surface area contributed by atoms with Crippen LogP contribution in [0.15, 0.2) is 10.8 Å². The van der Waals surface area contributed by atoms with Crippen molar-refractivity contribution in [3.63, 3.8) is 0 Å². The van der Waals surface area contributed by atoms with Crippen LogP contribution in [0.2, 0.25) is 0 Å². The minimum absolute atomic E-state index is 0.477. The normalized spacial score (nSPS) is 23.6. The molecule has 0 spiro atoms. The summed E-state index contributed by atoms with van der Waals surface area (Å²) in [7, 11) is 0. The molecule has 96 valence electrons. The van der Waals surface area contributed by atoms with Gasteiger partial charge in [-0.3, -0.25) is 0 Å². The van der Waals surface area contributed by atoms with Crippen LogP contribution in [0, 0.1) is 5.92 Å². The van der Waals surface area contributed by atoms with E-state index in [1.54, 1.807) is 6.39 Å². The van der Waals surface area contributed by atoms with Gasteiger partial charge in [0, 0.05) is 19.6 Å². The maximum atomic E-state index is 5.56. The van der Waals surface area contributed by atoms with Crippen LogP contribution < -0.4 is 5.32 Å². The van der Waals surface area contributed by atoms with Crippen LogP contribution in [-0.2, 0) is 17.7 Å². The third-order valence-electron chi connectivity index (χ3n) is 3.34. The fourth-order valence-electron chi connectivity index (χ4n) is 2.32. The summed E-state index contributed by atoms with van der Waals surface area (Å²) in [6, 6.07) is 0. The Kier molecular flexibility index (Phi) is 4.57. The fraction of sp³-hybridized carbons (Fsp3) is 0.769. The zero-order valence-electron chi connectivity index (χ0n) is 10.7. The smallest absolute Gasteiger partial charge is 0.181 e. The Bertz CT molecular complexity index is 332. The van der Waals surface area contributed by atoms with E-state index >= 15 is 0 Å². The molecule has 1 aliphatic rings. The van der Waals surface area contributed by atoms with Gasteiger partial charge < -0.3 is 14.5 Å². The first-order chi connectivity index (χ1) is 8.33. The second-order valence-corrected chi connectivity index (χ2v) is 4.62.